The quantitative estimate of drug-likeness (QED) is 0.366. The first-order valence-corrected chi connectivity index (χ1v) is 14.9. The van der Waals surface area contributed by atoms with Gasteiger partial charge in [0.05, 0.1) is 0 Å². The molecule has 0 aromatic heterocycles. The number of hydrogen-bond donors (Lipinski definition) is 0. The lowest BCUT2D eigenvalue weighted by Gasteiger charge is -2.55. The van der Waals surface area contributed by atoms with Crippen LogP contribution in [0.1, 0.15) is 145 Å². The Bertz CT molecular complexity index is 941. The Labute approximate surface area is 214 Å². The first kappa shape index (κ1) is 29.4. The normalized spacial score (nSPS) is 22.8. The van der Waals surface area contributed by atoms with Crippen molar-refractivity contribution in [3.05, 3.63) is 56.9 Å². The predicted molar refractivity (Wildman–Crippen MR) is 158 cm³/mol. The summed E-state index contributed by atoms with van der Waals surface area (Å²) in [6, 6.07) is 7.49. The molecular formula is C33H55P. The molecule has 0 heterocycles. The Hall–Kier alpha value is -0.870. The first-order chi connectivity index (χ1) is 15.3. The van der Waals surface area contributed by atoms with Gasteiger partial charge in [0.25, 0.3) is 0 Å². The molecule has 1 aromatic carbocycles. The molecule has 0 spiro atoms. The summed E-state index contributed by atoms with van der Waals surface area (Å²) in [6.07, 6.45) is 0. The average molecular weight is 483 g/mol. The largest absolute Gasteiger partial charge is 0.0677 e. The van der Waals surface area contributed by atoms with Crippen LogP contribution in [0.5, 0.6) is 0 Å². The molecule has 2 atom stereocenters. The Morgan fingerprint density at radius 2 is 1.26 bits per heavy atom. The Morgan fingerprint density at radius 3 is 1.65 bits per heavy atom. The van der Waals surface area contributed by atoms with Gasteiger partial charge in [-0.2, -0.15) is 0 Å². The molecule has 0 bridgehead atoms. The molecule has 1 heteroatoms. The Kier molecular flexibility index (Phi) is 8.53. The van der Waals surface area contributed by atoms with E-state index in [1.807, 2.05) is 0 Å². The van der Waals surface area contributed by atoms with Crippen molar-refractivity contribution >= 4 is 7.92 Å². The van der Waals surface area contributed by atoms with Crippen LogP contribution < -0.4 is 0 Å². The van der Waals surface area contributed by atoms with Gasteiger partial charge >= 0.3 is 0 Å². The van der Waals surface area contributed by atoms with E-state index in [4.69, 9.17) is 0 Å². The van der Waals surface area contributed by atoms with Crippen molar-refractivity contribution in [1.82, 2.24) is 0 Å². The molecule has 1 aromatic rings. The molecule has 1 aliphatic carbocycles. The highest BCUT2D eigenvalue weighted by Gasteiger charge is 2.51. The number of benzene rings is 1. The molecule has 192 valence electrons. The molecule has 0 fully saturated rings. The highest BCUT2D eigenvalue weighted by molar-refractivity contribution is 7.65. The summed E-state index contributed by atoms with van der Waals surface area (Å²) < 4.78 is 0. The SMILES string of the molecule is CC1=C(P(C(C)(C)C)C(C)(C)C)C(c2ccc(C(C)C)cc2C(C)C)C(C)(C(C)C)C(C)=C1C. The van der Waals surface area contributed by atoms with Gasteiger partial charge in [-0.05, 0) is 82.0 Å². The zero-order valence-electron chi connectivity index (χ0n) is 25.5. The van der Waals surface area contributed by atoms with Crippen molar-refractivity contribution in [3.63, 3.8) is 0 Å². The lowest BCUT2D eigenvalue weighted by atomic mass is 9.58. The Balaban J connectivity index is 3.09. The van der Waals surface area contributed by atoms with Gasteiger partial charge in [-0.3, -0.25) is 0 Å². The molecule has 0 nitrogen and oxygen atoms in total. The van der Waals surface area contributed by atoms with Crippen LogP contribution in [0, 0.1) is 11.3 Å². The van der Waals surface area contributed by atoms with Crippen molar-refractivity contribution in [2.24, 2.45) is 11.3 Å². The fraction of sp³-hybridized carbons (Fsp3) is 0.697. The van der Waals surface area contributed by atoms with Crippen molar-refractivity contribution < 1.29 is 0 Å². The Morgan fingerprint density at radius 1 is 0.765 bits per heavy atom. The third-order valence-corrected chi connectivity index (χ3v) is 12.4. The monoisotopic (exact) mass is 482 g/mol. The number of allylic oxidation sites excluding steroid dienone is 4. The first-order valence-electron chi connectivity index (χ1n) is 13.6. The van der Waals surface area contributed by atoms with Crippen LogP contribution in [0.15, 0.2) is 40.2 Å². The lowest BCUT2D eigenvalue weighted by Crippen LogP contribution is -2.40. The van der Waals surface area contributed by atoms with E-state index in [2.05, 4.69) is 129 Å². The summed E-state index contributed by atoms with van der Waals surface area (Å²) in [5.41, 5.74) is 9.39. The molecule has 2 rings (SSSR count). The van der Waals surface area contributed by atoms with Crippen LogP contribution in [0.4, 0.5) is 0 Å². The second-order valence-electron chi connectivity index (χ2n) is 14.0. The third kappa shape index (κ3) is 5.14. The van der Waals surface area contributed by atoms with Gasteiger partial charge in [0.2, 0.25) is 0 Å². The summed E-state index contributed by atoms with van der Waals surface area (Å²) in [7, 11) is -0.398. The maximum atomic E-state index is 2.58. The van der Waals surface area contributed by atoms with Crippen LogP contribution in [0.25, 0.3) is 0 Å². The van der Waals surface area contributed by atoms with Crippen LogP contribution >= 0.6 is 7.92 Å². The van der Waals surface area contributed by atoms with E-state index in [1.54, 1.807) is 27.6 Å². The molecular weight excluding hydrogens is 427 g/mol. The van der Waals surface area contributed by atoms with Crippen LogP contribution in [-0.2, 0) is 0 Å². The van der Waals surface area contributed by atoms with Crippen molar-refractivity contribution in [1.29, 1.82) is 0 Å². The van der Waals surface area contributed by atoms with Crippen molar-refractivity contribution in [3.8, 4) is 0 Å². The molecule has 0 radical (unpaired) electrons. The molecule has 34 heavy (non-hydrogen) atoms. The summed E-state index contributed by atoms with van der Waals surface area (Å²) >= 11 is 0. The van der Waals surface area contributed by atoms with Crippen LogP contribution in [-0.4, -0.2) is 10.3 Å². The third-order valence-electron chi connectivity index (χ3n) is 8.68. The van der Waals surface area contributed by atoms with Gasteiger partial charge in [-0.25, -0.2) is 0 Å². The molecule has 0 saturated heterocycles. The molecule has 0 saturated carbocycles. The topological polar surface area (TPSA) is 0 Å². The standard InChI is InChI=1S/C33H55P/c1-20(2)26-17-18-27(28(19-26)21(3)4)29-30(34(31(10,11)12)32(13,14)15)24(8)23(7)25(9)33(29,16)22(5)6/h17-22,29H,1-16H3. The second kappa shape index (κ2) is 9.88. The summed E-state index contributed by atoms with van der Waals surface area (Å²) in [4.78, 5) is 0. The predicted octanol–water partition coefficient (Wildman–Crippen LogP) is 11.4. The van der Waals surface area contributed by atoms with E-state index in [0.29, 0.717) is 23.7 Å². The minimum atomic E-state index is -0.398. The van der Waals surface area contributed by atoms with E-state index >= 15 is 0 Å². The fourth-order valence-corrected chi connectivity index (χ4v) is 11.2. The summed E-state index contributed by atoms with van der Waals surface area (Å²) in [5, 5.41) is 2.23. The van der Waals surface area contributed by atoms with Gasteiger partial charge < -0.3 is 0 Å². The second-order valence-corrected chi connectivity index (χ2v) is 17.8. The van der Waals surface area contributed by atoms with E-state index < -0.39 is 7.92 Å². The molecule has 2 unspecified atom stereocenters. The van der Waals surface area contributed by atoms with Gasteiger partial charge in [0.15, 0.2) is 0 Å². The van der Waals surface area contributed by atoms with Crippen molar-refractivity contribution in [2.75, 3.05) is 0 Å². The highest BCUT2D eigenvalue weighted by atomic mass is 31.1. The van der Waals surface area contributed by atoms with E-state index in [9.17, 15) is 0 Å². The summed E-state index contributed by atoms with van der Waals surface area (Å²) in [5.74, 6) is 2.03. The zero-order chi connectivity index (χ0) is 26.5. The van der Waals surface area contributed by atoms with Crippen LogP contribution in [0.2, 0.25) is 0 Å². The maximum absolute atomic E-state index is 2.58. The molecule has 0 aliphatic heterocycles. The van der Waals surface area contributed by atoms with Crippen molar-refractivity contribution in [2.45, 2.75) is 139 Å². The zero-order valence-corrected chi connectivity index (χ0v) is 26.4. The average Bonchev–Trinajstić information content (AvgIpc) is 2.67. The van der Waals surface area contributed by atoms with E-state index in [1.165, 1.54) is 11.1 Å². The minimum absolute atomic E-state index is 0.0962. The van der Waals surface area contributed by atoms with E-state index in [-0.39, 0.29) is 15.7 Å². The maximum Gasteiger partial charge on any atom is 0.0193 e. The van der Waals surface area contributed by atoms with Crippen LogP contribution in [0.3, 0.4) is 0 Å². The highest BCUT2D eigenvalue weighted by Crippen LogP contribution is 2.73. The fourth-order valence-electron chi connectivity index (χ4n) is 6.57. The molecule has 0 N–H and O–H groups in total. The lowest BCUT2D eigenvalue weighted by molar-refractivity contribution is 0.235. The number of rotatable bonds is 5. The molecule has 1 aliphatic rings. The van der Waals surface area contributed by atoms with Gasteiger partial charge in [0.1, 0.15) is 0 Å². The minimum Gasteiger partial charge on any atom is -0.0677 e. The van der Waals surface area contributed by atoms with E-state index in [0.717, 1.165) is 0 Å². The summed E-state index contributed by atoms with van der Waals surface area (Å²) in [6.45, 7) is 39.1. The number of hydrogen-bond acceptors (Lipinski definition) is 0. The van der Waals surface area contributed by atoms with Gasteiger partial charge in [-0.15, -0.1) is 0 Å². The van der Waals surface area contributed by atoms with Gasteiger partial charge in [0, 0.05) is 11.3 Å². The smallest absolute Gasteiger partial charge is 0.0193 e. The molecule has 0 amide bonds. The van der Waals surface area contributed by atoms with Gasteiger partial charge in [-0.1, -0.05) is 122 Å².